The van der Waals surface area contributed by atoms with Gasteiger partial charge in [-0.05, 0) is 52.7 Å². The van der Waals surface area contributed by atoms with Gasteiger partial charge in [0.2, 0.25) is 0 Å². The molecule has 1 heterocycles. The molecule has 1 aromatic heterocycles. The average Bonchev–Trinajstić information content (AvgIpc) is 2.38. The third-order valence-electron chi connectivity index (χ3n) is 2.53. The van der Waals surface area contributed by atoms with Gasteiger partial charge in [0.25, 0.3) is 0 Å². The zero-order chi connectivity index (χ0) is 13.8. The minimum Gasteiger partial charge on any atom is -0.486 e. The molecule has 0 amide bonds. The second-order valence-corrected chi connectivity index (χ2v) is 4.92. The summed E-state index contributed by atoms with van der Waals surface area (Å²) in [6.45, 7) is 2.29. The van der Waals surface area contributed by atoms with Gasteiger partial charge in [-0.15, -0.1) is 0 Å². The van der Waals surface area contributed by atoms with E-state index in [9.17, 15) is 4.79 Å². The van der Waals surface area contributed by atoms with E-state index in [0.29, 0.717) is 12.3 Å². The SMILES string of the molecule is Cc1ccc(OCc2ccc(C(=O)O)cn2)c(Br)c1. The predicted molar refractivity (Wildman–Crippen MR) is 74.4 cm³/mol. The van der Waals surface area contributed by atoms with Gasteiger partial charge in [0, 0.05) is 6.20 Å². The Morgan fingerprint density at radius 1 is 1.37 bits per heavy atom. The Balaban J connectivity index is 2.04. The molecule has 98 valence electrons. The Hall–Kier alpha value is -1.88. The van der Waals surface area contributed by atoms with Crippen molar-refractivity contribution in [2.45, 2.75) is 13.5 Å². The van der Waals surface area contributed by atoms with Gasteiger partial charge in [-0.1, -0.05) is 6.07 Å². The number of ether oxygens (including phenoxy) is 1. The Bertz CT molecular complexity index is 596. The molecule has 0 saturated heterocycles. The largest absolute Gasteiger partial charge is 0.486 e. The van der Waals surface area contributed by atoms with Crippen molar-refractivity contribution in [2.24, 2.45) is 0 Å². The molecule has 5 heteroatoms. The van der Waals surface area contributed by atoms with Crippen LogP contribution in [0.15, 0.2) is 41.0 Å². The highest BCUT2D eigenvalue weighted by molar-refractivity contribution is 9.10. The molecule has 0 aliphatic rings. The van der Waals surface area contributed by atoms with E-state index in [1.54, 1.807) is 6.07 Å². The molecule has 1 aromatic carbocycles. The number of rotatable bonds is 4. The lowest BCUT2D eigenvalue weighted by Crippen LogP contribution is -2.02. The number of pyridine rings is 1. The third-order valence-corrected chi connectivity index (χ3v) is 3.15. The summed E-state index contributed by atoms with van der Waals surface area (Å²) in [5.74, 6) is -0.254. The average molecular weight is 322 g/mol. The number of hydrogen-bond acceptors (Lipinski definition) is 3. The van der Waals surface area contributed by atoms with Crippen LogP contribution in [0.25, 0.3) is 0 Å². The van der Waals surface area contributed by atoms with Crippen LogP contribution < -0.4 is 4.74 Å². The van der Waals surface area contributed by atoms with Crippen molar-refractivity contribution < 1.29 is 14.6 Å². The van der Waals surface area contributed by atoms with E-state index in [1.165, 1.54) is 12.3 Å². The zero-order valence-corrected chi connectivity index (χ0v) is 11.8. The highest BCUT2D eigenvalue weighted by Crippen LogP contribution is 2.26. The third kappa shape index (κ3) is 3.54. The molecule has 2 aromatic rings. The summed E-state index contributed by atoms with van der Waals surface area (Å²) in [4.78, 5) is 14.7. The van der Waals surface area contributed by atoms with Crippen molar-refractivity contribution in [3.05, 3.63) is 57.8 Å². The fraction of sp³-hybridized carbons (Fsp3) is 0.143. The summed E-state index contributed by atoms with van der Waals surface area (Å²) >= 11 is 3.43. The Kier molecular flexibility index (Phi) is 4.16. The standard InChI is InChI=1S/C14H12BrNO3/c1-9-2-5-13(12(15)6-9)19-8-11-4-3-10(7-16-11)14(17)18/h2-7H,8H2,1H3,(H,17,18). The Labute approximate surface area is 119 Å². The molecule has 0 spiro atoms. The van der Waals surface area contributed by atoms with Crippen LogP contribution >= 0.6 is 15.9 Å². The van der Waals surface area contributed by atoms with Gasteiger partial charge in [0.15, 0.2) is 0 Å². The van der Waals surface area contributed by atoms with Gasteiger partial charge >= 0.3 is 5.97 Å². The van der Waals surface area contributed by atoms with Crippen molar-refractivity contribution in [3.8, 4) is 5.75 Å². The van der Waals surface area contributed by atoms with Crippen molar-refractivity contribution in [3.63, 3.8) is 0 Å². The number of carboxylic acid groups (broad SMARTS) is 1. The Morgan fingerprint density at radius 3 is 2.74 bits per heavy atom. The summed E-state index contributed by atoms with van der Waals surface area (Å²) in [5, 5.41) is 8.77. The van der Waals surface area contributed by atoms with Crippen LogP contribution in [0.5, 0.6) is 5.75 Å². The lowest BCUT2D eigenvalue weighted by atomic mass is 10.2. The molecule has 0 bridgehead atoms. The van der Waals surface area contributed by atoms with Gasteiger partial charge < -0.3 is 9.84 Å². The topological polar surface area (TPSA) is 59.4 Å². The first-order chi connectivity index (χ1) is 9.06. The van der Waals surface area contributed by atoms with Crippen molar-refractivity contribution >= 4 is 21.9 Å². The second-order valence-electron chi connectivity index (χ2n) is 4.07. The molecule has 1 N–H and O–H groups in total. The summed E-state index contributed by atoms with van der Waals surface area (Å²) in [6.07, 6.45) is 1.32. The maximum absolute atomic E-state index is 10.7. The molecule has 0 fully saturated rings. The fourth-order valence-electron chi connectivity index (χ4n) is 1.51. The number of halogens is 1. The molecule has 4 nitrogen and oxygen atoms in total. The monoisotopic (exact) mass is 321 g/mol. The molecule has 0 atom stereocenters. The zero-order valence-electron chi connectivity index (χ0n) is 10.3. The van der Waals surface area contributed by atoms with Crippen molar-refractivity contribution in [1.29, 1.82) is 0 Å². The van der Waals surface area contributed by atoms with Crippen LogP contribution in [-0.4, -0.2) is 16.1 Å². The molecule has 19 heavy (non-hydrogen) atoms. The molecule has 0 unspecified atom stereocenters. The van der Waals surface area contributed by atoms with E-state index >= 15 is 0 Å². The molecule has 0 aliphatic carbocycles. The highest BCUT2D eigenvalue weighted by Gasteiger charge is 2.05. The number of benzene rings is 1. The van der Waals surface area contributed by atoms with Crippen LogP contribution in [-0.2, 0) is 6.61 Å². The van der Waals surface area contributed by atoms with Gasteiger partial charge in [-0.3, -0.25) is 4.98 Å². The first-order valence-electron chi connectivity index (χ1n) is 5.63. The number of aromatic nitrogens is 1. The molecule has 2 rings (SSSR count). The molecular weight excluding hydrogens is 310 g/mol. The van der Waals surface area contributed by atoms with E-state index in [0.717, 1.165) is 15.8 Å². The number of carboxylic acids is 1. The van der Waals surface area contributed by atoms with Crippen LogP contribution in [0.1, 0.15) is 21.6 Å². The van der Waals surface area contributed by atoms with Gasteiger partial charge in [0.05, 0.1) is 15.7 Å². The predicted octanol–water partition coefficient (Wildman–Crippen LogP) is 3.43. The van der Waals surface area contributed by atoms with Gasteiger partial charge in [-0.25, -0.2) is 4.79 Å². The smallest absolute Gasteiger partial charge is 0.337 e. The lowest BCUT2D eigenvalue weighted by Gasteiger charge is -2.08. The molecule has 0 radical (unpaired) electrons. The quantitative estimate of drug-likeness (QED) is 0.937. The van der Waals surface area contributed by atoms with E-state index in [-0.39, 0.29) is 5.56 Å². The fourth-order valence-corrected chi connectivity index (χ4v) is 2.12. The van der Waals surface area contributed by atoms with Crippen LogP contribution in [0.3, 0.4) is 0 Å². The maximum atomic E-state index is 10.7. The van der Waals surface area contributed by atoms with E-state index < -0.39 is 5.97 Å². The number of carbonyl (C=O) groups is 1. The molecule has 0 saturated carbocycles. The Morgan fingerprint density at radius 2 is 2.16 bits per heavy atom. The van der Waals surface area contributed by atoms with E-state index in [4.69, 9.17) is 9.84 Å². The van der Waals surface area contributed by atoms with Crippen molar-refractivity contribution in [2.75, 3.05) is 0 Å². The van der Waals surface area contributed by atoms with Crippen molar-refractivity contribution in [1.82, 2.24) is 4.98 Å². The number of aromatic carboxylic acids is 1. The summed E-state index contributed by atoms with van der Waals surface area (Å²) in [5.41, 5.74) is 1.99. The maximum Gasteiger partial charge on any atom is 0.337 e. The highest BCUT2D eigenvalue weighted by atomic mass is 79.9. The normalized spacial score (nSPS) is 10.2. The summed E-state index contributed by atoms with van der Waals surface area (Å²) < 4.78 is 6.51. The first-order valence-corrected chi connectivity index (χ1v) is 6.43. The van der Waals surface area contributed by atoms with E-state index in [2.05, 4.69) is 20.9 Å². The second kappa shape index (κ2) is 5.84. The van der Waals surface area contributed by atoms with Gasteiger partial charge in [-0.2, -0.15) is 0 Å². The molecule has 0 aliphatic heterocycles. The number of hydrogen-bond donors (Lipinski definition) is 1. The molecular formula is C14H12BrNO3. The first kappa shape index (κ1) is 13.5. The summed E-state index contributed by atoms with van der Waals surface area (Å²) in [6, 6.07) is 8.96. The minimum absolute atomic E-state index is 0.167. The number of nitrogens with zero attached hydrogens (tertiary/aromatic N) is 1. The lowest BCUT2D eigenvalue weighted by molar-refractivity contribution is 0.0696. The van der Waals surface area contributed by atoms with Crippen LogP contribution in [0.4, 0.5) is 0 Å². The minimum atomic E-state index is -0.985. The number of aryl methyl sites for hydroxylation is 1. The summed E-state index contributed by atoms with van der Waals surface area (Å²) in [7, 11) is 0. The van der Waals surface area contributed by atoms with E-state index in [1.807, 2.05) is 25.1 Å². The van der Waals surface area contributed by atoms with Gasteiger partial charge in [0.1, 0.15) is 12.4 Å². The van der Waals surface area contributed by atoms with Crippen LogP contribution in [0, 0.1) is 6.92 Å². The van der Waals surface area contributed by atoms with Crippen LogP contribution in [0.2, 0.25) is 0 Å².